The molecule has 0 aliphatic carbocycles. The molecule has 0 saturated carbocycles. The van der Waals surface area contributed by atoms with Gasteiger partial charge in [-0.25, -0.2) is 4.98 Å². The molecule has 5 aliphatic rings. The third-order valence-electron chi connectivity index (χ3n) is 8.79. The van der Waals surface area contributed by atoms with Crippen LogP contribution in [0.1, 0.15) is 25.8 Å². The van der Waals surface area contributed by atoms with Crippen LogP contribution < -0.4 is 20.0 Å². The highest BCUT2D eigenvalue weighted by molar-refractivity contribution is 5.95. The summed E-state index contributed by atoms with van der Waals surface area (Å²) in [5.74, 6) is 1.11. The second-order valence-corrected chi connectivity index (χ2v) is 11.2. The molecule has 5 aliphatic heterocycles. The van der Waals surface area contributed by atoms with Crippen molar-refractivity contribution in [3.05, 3.63) is 53.8 Å². The van der Waals surface area contributed by atoms with Crippen molar-refractivity contribution in [2.45, 2.75) is 44.4 Å². The fourth-order valence-electron chi connectivity index (χ4n) is 7.01. The van der Waals surface area contributed by atoms with Crippen molar-refractivity contribution < 1.29 is 1.37 Å². The predicted molar refractivity (Wildman–Crippen MR) is 147 cm³/mol. The molecule has 2 unspecified atom stereocenters. The third-order valence-corrected chi connectivity index (χ3v) is 8.79. The molecule has 5 saturated heterocycles. The zero-order valence-electron chi connectivity index (χ0n) is 22.6. The predicted octanol–water partition coefficient (Wildman–Crippen LogP) is 2.76. The molecule has 7 heterocycles. The highest BCUT2D eigenvalue weighted by Gasteiger charge is 2.38. The van der Waals surface area contributed by atoms with Crippen molar-refractivity contribution in [2.75, 3.05) is 60.5 Å². The second-order valence-electron chi connectivity index (χ2n) is 11.2. The number of nitrogens with zero attached hydrogens (tertiary/aromatic N) is 7. The number of piperazine rings is 3. The highest BCUT2D eigenvalue weighted by atomic mass is 15.4. The lowest BCUT2D eigenvalue weighted by atomic mass is 9.91. The van der Waals surface area contributed by atoms with E-state index in [-0.39, 0.29) is 6.17 Å². The Labute approximate surface area is 219 Å². The molecule has 0 spiro atoms. The summed E-state index contributed by atoms with van der Waals surface area (Å²) in [6.45, 7) is 11.5. The molecule has 2 aromatic heterocycles. The monoisotopic (exact) mass is 495 g/mol. The number of aromatic nitrogens is 2. The molecule has 2 bridgehead atoms. The highest BCUT2D eigenvalue weighted by Crippen LogP contribution is 2.34. The molecule has 37 heavy (non-hydrogen) atoms. The Kier molecular flexibility index (Phi) is 5.18. The molecule has 8 rings (SSSR count). The lowest BCUT2D eigenvalue weighted by Crippen LogP contribution is -2.67. The van der Waals surface area contributed by atoms with Crippen LogP contribution >= 0.6 is 0 Å². The van der Waals surface area contributed by atoms with Crippen molar-refractivity contribution >= 4 is 28.1 Å². The minimum absolute atomic E-state index is 0.190. The maximum absolute atomic E-state index is 9.60. The van der Waals surface area contributed by atoms with Gasteiger partial charge in [0.2, 0.25) is 0 Å². The van der Waals surface area contributed by atoms with E-state index in [0.29, 0.717) is 35.2 Å². The summed E-state index contributed by atoms with van der Waals surface area (Å²) in [6.07, 6.45) is 3.57. The molecule has 1 aromatic carbocycles. The Bertz CT molecular complexity index is 1420. The lowest BCUT2D eigenvalue weighted by Gasteiger charge is -2.51. The topological polar surface area (TPSA) is 74.6 Å². The van der Waals surface area contributed by atoms with Crippen LogP contribution in [-0.4, -0.2) is 84.8 Å². The van der Waals surface area contributed by atoms with Gasteiger partial charge in [-0.15, -0.1) is 0 Å². The number of nitrogens with one attached hydrogen (secondary N) is 1. The summed E-state index contributed by atoms with van der Waals surface area (Å²) in [6, 6.07) is 14.2. The van der Waals surface area contributed by atoms with E-state index < -0.39 is 0 Å². The van der Waals surface area contributed by atoms with E-state index in [1.807, 2.05) is 12.1 Å². The largest absolute Gasteiger partial charge is 0.368 e. The van der Waals surface area contributed by atoms with Gasteiger partial charge in [-0.2, -0.15) is 5.26 Å². The number of aryl methyl sites for hydroxylation is 1. The Morgan fingerprint density at radius 3 is 2.62 bits per heavy atom. The van der Waals surface area contributed by atoms with Gasteiger partial charge < -0.3 is 20.0 Å². The summed E-state index contributed by atoms with van der Waals surface area (Å²) in [5.41, 5.74) is 4.74. The first-order valence-electron chi connectivity index (χ1n) is 14.0. The standard InChI is InChI=1S/C29H34N8/c1-19-10-24(35-15-22-11-23(16-35)33-22)13-32-29(19)34-8-9-37-20(2)14-36(18-25(37)17-34)27-6-5-21(12-30)28-26(27)4-3-7-31-28/h3-7,10,13,20,22-23,25,33H,8-9,11,14-18H2,1-2H3/t20-,22?,23?,25-/m0/s1/i7D. The summed E-state index contributed by atoms with van der Waals surface area (Å²) in [5, 5.41) is 14.2. The fourth-order valence-corrected chi connectivity index (χ4v) is 7.01. The van der Waals surface area contributed by atoms with Crippen LogP contribution in [0, 0.1) is 18.3 Å². The van der Waals surface area contributed by atoms with E-state index in [2.05, 4.69) is 68.1 Å². The smallest absolute Gasteiger partial charge is 0.131 e. The molecule has 4 atom stereocenters. The fraction of sp³-hybridized carbons (Fsp3) is 0.483. The van der Waals surface area contributed by atoms with Gasteiger partial charge in [0, 0.05) is 87.2 Å². The lowest BCUT2D eigenvalue weighted by molar-refractivity contribution is 0.108. The average Bonchev–Trinajstić information content (AvgIpc) is 2.91. The van der Waals surface area contributed by atoms with Crippen LogP contribution in [0.4, 0.5) is 17.2 Å². The summed E-state index contributed by atoms with van der Waals surface area (Å²) < 4.78 is 7.96. The molecule has 3 aromatic rings. The number of anilines is 3. The van der Waals surface area contributed by atoms with Gasteiger partial charge in [0.1, 0.15) is 11.9 Å². The number of hydrogen-bond acceptors (Lipinski definition) is 8. The zero-order valence-corrected chi connectivity index (χ0v) is 21.6. The Morgan fingerprint density at radius 1 is 1.03 bits per heavy atom. The van der Waals surface area contributed by atoms with Crippen molar-refractivity contribution in [3.63, 3.8) is 0 Å². The number of rotatable bonds is 3. The Hall–Kier alpha value is -3.41. The first-order chi connectivity index (χ1) is 18.5. The maximum Gasteiger partial charge on any atom is 0.131 e. The molecule has 1 N–H and O–H groups in total. The van der Waals surface area contributed by atoms with Crippen LogP contribution in [0.3, 0.4) is 0 Å². The van der Waals surface area contributed by atoms with Gasteiger partial charge in [0.15, 0.2) is 0 Å². The molecular weight excluding hydrogens is 460 g/mol. The Balaban J connectivity index is 1.12. The average molecular weight is 496 g/mol. The summed E-state index contributed by atoms with van der Waals surface area (Å²) >= 11 is 0. The van der Waals surface area contributed by atoms with Crippen LogP contribution in [0.25, 0.3) is 10.9 Å². The number of benzene rings is 1. The normalized spacial score (nSPS) is 27.9. The van der Waals surface area contributed by atoms with Crippen LogP contribution in [0.2, 0.25) is 0 Å². The van der Waals surface area contributed by atoms with Gasteiger partial charge in [-0.3, -0.25) is 9.88 Å². The molecule has 0 radical (unpaired) electrons. The van der Waals surface area contributed by atoms with Gasteiger partial charge in [-0.1, -0.05) is 0 Å². The van der Waals surface area contributed by atoms with Gasteiger partial charge in [0.25, 0.3) is 0 Å². The summed E-state index contributed by atoms with van der Waals surface area (Å²) in [4.78, 5) is 19.4. The van der Waals surface area contributed by atoms with Crippen molar-refractivity contribution in [2.24, 2.45) is 0 Å². The first-order valence-corrected chi connectivity index (χ1v) is 13.5. The maximum atomic E-state index is 9.60. The zero-order chi connectivity index (χ0) is 26.0. The molecule has 5 fully saturated rings. The van der Waals surface area contributed by atoms with Crippen LogP contribution in [0.15, 0.2) is 42.7 Å². The molecule has 190 valence electrons. The number of nitriles is 1. The van der Waals surface area contributed by atoms with Crippen molar-refractivity contribution in [3.8, 4) is 6.07 Å². The van der Waals surface area contributed by atoms with E-state index in [1.165, 1.54) is 17.7 Å². The van der Waals surface area contributed by atoms with Crippen LogP contribution in [0.5, 0.6) is 0 Å². The van der Waals surface area contributed by atoms with E-state index in [4.69, 9.17) is 6.35 Å². The molecule has 8 heteroatoms. The van der Waals surface area contributed by atoms with E-state index in [9.17, 15) is 5.26 Å². The Morgan fingerprint density at radius 2 is 1.84 bits per heavy atom. The van der Waals surface area contributed by atoms with Gasteiger partial charge in [0.05, 0.1) is 24.3 Å². The number of hydrogen-bond donors (Lipinski definition) is 1. The number of pyridine rings is 2. The molecule has 0 amide bonds. The quantitative estimate of drug-likeness (QED) is 0.595. The number of piperidine rings is 1. The minimum atomic E-state index is 0.190. The van der Waals surface area contributed by atoms with Crippen molar-refractivity contribution in [1.29, 1.82) is 5.26 Å². The van der Waals surface area contributed by atoms with Gasteiger partial charge in [-0.05, 0) is 56.2 Å². The SMILES string of the molecule is [2H]c1ccc2c(N3C[C@@H]4CN(c5ncc(N6CC7CC(C6)N7)cc5C)CCN4[C@@H](C)C3)ccc(C#N)c2n1. The van der Waals surface area contributed by atoms with Crippen molar-refractivity contribution in [1.82, 2.24) is 20.2 Å². The molecule has 8 nitrogen and oxygen atoms in total. The van der Waals surface area contributed by atoms with Gasteiger partial charge >= 0.3 is 0 Å². The van der Waals surface area contributed by atoms with Crippen LogP contribution in [-0.2, 0) is 0 Å². The van der Waals surface area contributed by atoms with E-state index in [1.54, 1.807) is 6.07 Å². The first kappa shape index (κ1) is 21.7. The number of fused-ring (bicyclic) bond motifs is 4. The third kappa shape index (κ3) is 3.89. The van der Waals surface area contributed by atoms with E-state index in [0.717, 1.165) is 62.7 Å². The van der Waals surface area contributed by atoms with E-state index >= 15 is 0 Å². The summed E-state index contributed by atoms with van der Waals surface area (Å²) in [7, 11) is 0. The second kappa shape index (κ2) is 8.86. The molecular formula is C29H34N8. The minimum Gasteiger partial charge on any atom is -0.368 e.